The second kappa shape index (κ2) is 51.2. The summed E-state index contributed by atoms with van der Waals surface area (Å²) in [5.74, 6) is -0.484. The number of nitrogens with one attached hydrogen (secondary N) is 1. The van der Waals surface area contributed by atoms with Crippen LogP contribution in [-0.2, 0) is 27.9 Å². The molecule has 9 nitrogen and oxygen atoms in total. The molecular formula is C60H120N2O7P+. The molecule has 416 valence electrons. The molecule has 0 heterocycles. The number of ether oxygens (including phenoxy) is 1. The molecule has 3 unspecified atom stereocenters. The third-order valence-electron chi connectivity index (χ3n) is 14.0. The van der Waals surface area contributed by atoms with Crippen LogP contribution in [0, 0.1) is 0 Å². The van der Waals surface area contributed by atoms with Crippen LogP contribution in [0.3, 0.4) is 0 Å². The number of hydrogen-bond donors (Lipinski definition) is 2. The second-order valence-electron chi connectivity index (χ2n) is 22.2. The van der Waals surface area contributed by atoms with Crippen molar-refractivity contribution in [2.24, 2.45) is 0 Å². The van der Waals surface area contributed by atoms with Gasteiger partial charge in [-0.15, -0.1) is 0 Å². The van der Waals surface area contributed by atoms with Gasteiger partial charge in [-0.1, -0.05) is 277 Å². The molecule has 0 aliphatic rings. The molecule has 70 heavy (non-hydrogen) atoms. The van der Waals surface area contributed by atoms with E-state index < -0.39 is 20.0 Å². The number of rotatable bonds is 56. The first-order chi connectivity index (χ1) is 33.9. The fourth-order valence-corrected chi connectivity index (χ4v) is 9.97. The molecule has 0 aliphatic heterocycles. The summed E-state index contributed by atoms with van der Waals surface area (Å²) in [6.07, 6.45) is 57.7. The van der Waals surface area contributed by atoms with Crippen molar-refractivity contribution >= 4 is 19.7 Å². The zero-order chi connectivity index (χ0) is 51.5. The summed E-state index contributed by atoms with van der Waals surface area (Å²) in [5, 5.41) is 3.06. The first-order valence-electron chi connectivity index (χ1n) is 30.5. The number of carbonyl (C=O) groups excluding carboxylic acids is 2. The number of phosphoric acid groups is 1. The van der Waals surface area contributed by atoms with Crippen LogP contribution in [-0.4, -0.2) is 74.3 Å². The van der Waals surface area contributed by atoms with Crippen molar-refractivity contribution in [3.8, 4) is 0 Å². The van der Waals surface area contributed by atoms with E-state index in [1.54, 1.807) is 0 Å². The minimum absolute atomic E-state index is 0.0457. The average Bonchev–Trinajstić information content (AvgIpc) is 3.32. The third-order valence-corrected chi connectivity index (χ3v) is 15.0. The van der Waals surface area contributed by atoms with Gasteiger partial charge in [0.15, 0.2) is 0 Å². The highest BCUT2D eigenvalue weighted by Crippen LogP contribution is 2.43. The summed E-state index contributed by atoms with van der Waals surface area (Å²) in [6.45, 7) is 7.06. The van der Waals surface area contributed by atoms with E-state index in [0.717, 1.165) is 57.8 Å². The molecule has 0 bridgehead atoms. The molecule has 10 heteroatoms. The number of hydrogen-bond acceptors (Lipinski definition) is 6. The van der Waals surface area contributed by atoms with Gasteiger partial charge in [-0.25, -0.2) is 4.57 Å². The number of phosphoric ester groups is 1. The Morgan fingerprint density at radius 3 is 1.17 bits per heavy atom. The topological polar surface area (TPSA) is 111 Å². The van der Waals surface area contributed by atoms with E-state index in [1.807, 2.05) is 33.3 Å². The molecule has 0 rings (SSSR count). The van der Waals surface area contributed by atoms with Crippen LogP contribution in [0.25, 0.3) is 0 Å². The number of likely N-dealkylation sites (N-methyl/N-ethyl adjacent to an activating group) is 1. The van der Waals surface area contributed by atoms with E-state index in [-0.39, 0.29) is 25.1 Å². The van der Waals surface area contributed by atoms with Crippen LogP contribution in [0.15, 0.2) is 12.2 Å². The fraction of sp³-hybridized carbons (Fsp3) is 0.933. The van der Waals surface area contributed by atoms with Crippen LogP contribution < -0.4 is 5.32 Å². The molecule has 0 saturated carbocycles. The Labute approximate surface area is 435 Å². The van der Waals surface area contributed by atoms with Gasteiger partial charge in [0.1, 0.15) is 19.3 Å². The van der Waals surface area contributed by atoms with Gasteiger partial charge >= 0.3 is 13.8 Å². The van der Waals surface area contributed by atoms with Crippen molar-refractivity contribution in [3.05, 3.63) is 12.2 Å². The highest BCUT2D eigenvalue weighted by Gasteiger charge is 2.30. The number of nitrogens with zero attached hydrogens (tertiary/aromatic N) is 1. The van der Waals surface area contributed by atoms with E-state index in [1.165, 1.54) is 218 Å². The number of amides is 1. The Balaban J connectivity index is 5.24. The molecule has 0 fully saturated rings. The van der Waals surface area contributed by atoms with Gasteiger partial charge < -0.3 is 19.4 Å². The summed E-state index contributed by atoms with van der Waals surface area (Å²) in [4.78, 5) is 37.6. The predicted molar refractivity (Wildman–Crippen MR) is 300 cm³/mol. The van der Waals surface area contributed by atoms with Crippen molar-refractivity contribution in [3.63, 3.8) is 0 Å². The van der Waals surface area contributed by atoms with Gasteiger partial charge in [-0.2, -0.15) is 0 Å². The lowest BCUT2D eigenvalue weighted by molar-refractivity contribution is -0.870. The van der Waals surface area contributed by atoms with E-state index in [0.29, 0.717) is 23.9 Å². The summed E-state index contributed by atoms with van der Waals surface area (Å²) >= 11 is 0. The second-order valence-corrected chi connectivity index (χ2v) is 23.7. The van der Waals surface area contributed by atoms with Gasteiger partial charge in [-0.05, 0) is 31.8 Å². The summed E-state index contributed by atoms with van der Waals surface area (Å²) in [5.41, 5.74) is 0. The third kappa shape index (κ3) is 51.6. The Bertz CT molecular complexity index is 1210. The van der Waals surface area contributed by atoms with Gasteiger partial charge in [-0.3, -0.25) is 18.6 Å². The molecule has 0 spiro atoms. The van der Waals surface area contributed by atoms with Crippen molar-refractivity contribution in [1.82, 2.24) is 5.32 Å². The molecule has 2 N–H and O–H groups in total. The molecule has 0 aromatic carbocycles. The van der Waals surface area contributed by atoms with Crippen LogP contribution in [0.2, 0.25) is 0 Å². The van der Waals surface area contributed by atoms with Crippen molar-refractivity contribution < 1.29 is 37.3 Å². The average molecular weight is 1010 g/mol. The summed E-state index contributed by atoms with van der Waals surface area (Å²) < 4.78 is 30.7. The van der Waals surface area contributed by atoms with Crippen LogP contribution >= 0.6 is 7.82 Å². The first-order valence-corrected chi connectivity index (χ1v) is 32.0. The molecule has 0 aromatic rings. The van der Waals surface area contributed by atoms with Crippen LogP contribution in [0.5, 0.6) is 0 Å². The summed E-state index contributed by atoms with van der Waals surface area (Å²) in [7, 11) is 1.52. The van der Waals surface area contributed by atoms with E-state index >= 15 is 0 Å². The zero-order valence-corrected chi connectivity index (χ0v) is 48.4. The molecule has 0 saturated heterocycles. The molecule has 3 atom stereocenters. The van der Waals surface area contributed by atoms with Crippen LogP contribution in [0.1, 0.15) is 310 Å². The fourth-order valence-electron chi connectivity index (χ4n) is 9.24. The minimum atomic E-state index is -4.44. The normalized spacial score (nSPS) is 13.8. The first kappa shape index (κ1) is 68.8. The predicted octanol–water partition coefficient (Wildman–Crippen LogP) is 18.4. The Hall–Kier alpha value is -1.25. The standard InChI is InChI=1S/C60H119N2O7P/c1-7-10-13-16-19-22-25-28-30-31-33-34-37-40-43-46-49-52-59(63)61-57(56-68-70(65,66)67-55-54-62(4,5)6)58(51-48-45-42-39-36-27-24-21-18-15-12-9-3)69-60(64)53-50-47-44-41-38-35-32-29-26-23-20-17-14-11-8-2/h48,51,57-58H,7-47,49-50,52-56H2,1-6H3,(H-,61,63,65,66)/p+1/b51-48+. The monoisotopic (exact) mass is 1010 g/mol. The maximum absolute atomic E-state index is 13.5. The van der Waals surface area contributed by atoms with E-state index in [4.69, 9.17) is 13.8 Å². The maximum atomic E-state index is 13.5. The Kier molecular flexibility index (Phi) is 50.3. The SMILES string of the molecule is CCCCCCCCCCCC/C=C/C(OC(=O)CCCCCCCCCCCCCCCCC)C(COP(=O)(O)OCC[N+](C)(C)C)NC(=O)CCCCCCCCCCCCCCCCCCC. The number of unbranched alkanes of at least 4 members (excludes halogenated alkanes) is 40. The molecular weight excluding hydrogens is 892 g/mol. The van der Waals surface area contributed by atoms with Gasteiger partial charge in [0, 0.05) is 12.8 Å². The summed E-state index contributed by atoms with van der Waals surface area (Å²) in [6, 6.07) is -0.838. The van der Waals surface area contributed by atoms with Gasteiger partial charge in [0.25, 0.3) is 0 Å². The van der Waals surface area contributed by atoms with Crippen molar-refractivity contribution in [2.45, 2.75) is 322 Å². The van der Waals surface area contributed by atoms with Crippen LogP contribution in [0.4, 0.5) is 0 Å². The highest BCUT2D eigenvalue weighted by molar-refractivity contribution is 7.47. The molecule has 0 aromatic heterocycles. The lowest BCUT2D eigenvalue weighted by Crippen LogP contribution is -2.47. The quantitative estimate of drug-likeness (QED) is 0.0205. The number of allylic oxidation sites excluding steroid dienone is 1. The van der Waals surface area contributed by atoms with Gasteiger partial charge in [0.2, 0.25) is 5.91 Å². The smallest absolute Gasteiger partial charge is 0.456 e. The van der Waals surface area contributed by atoms with Crippen molar-refractivity contribution in [2.75, 3.05) is 40.9 Å². The molecule has 0 aliphatic carbocycles. The lowest BCUT2D eigenvalue weighted by Gasteiger charge is -2.27. The van der Waals surface area contributed by atoms with E-state index in [2.05, 4.69) is 26.1 Å². The number of esters is 1. The zero-order valence-electron chi connectivity index (χ0n) is 47.5. The largest absolute Gasteiger partial charge is 0.472 e. The number of quaternary nitrogens is 1. The lowest BCUT2D eigenvalue weighted by atomic mass is 10.0. The van der Waals surface area contributed by atoms with E-state index in [9.17, 15) is 19.0 Å². The molecule has 1 amide bonds. The Morgan fingerprint density at radius 1 is 0.486 bits per heavy atom. The van der Waals surface area contributed by atoms with Gasteiger partial charge in [0.05, 0.1) is 33.8 Å². The maximum Gasteiger partial charge on any atom is 0.472 e. The number of carbonyl (C=O) groups is 2. The molecule has 0 radical (unpaired) electrons. The Morgan fingerprint density at radius 2 is 0.814 bits per heavy atom. The van der Waals surface area contributed by atoms with Crippen molar-refractivity contribution in [1.29, 1.82) is 0 Å². The highest BCUT2D eigenvalue weighted by atomic mass is 31.2. The minimum Gasteiger partial charge on any atom is -0.456 e.